The Hall–Kier alpha value is -1.49. The molecule has 2 unspecified atom stereocenters. The monoisotopic (exact) mass is 296 g/mol. The third-order valence-corrected chi connectivity index (χ3v) is 4.37. The van der Waals surface area contributed by atoms with Gasteiger partial charge in [0.05, 0.1) is 6.42 Å². The highest BCUT2D eigenvalue weighted by Gasteiger charge is 2.29. The molecule has 1 aliphatic heterocycles. The van der Waals surface area contributed by atoms with Crippen LogP contribution in [-0.4, -0.2) is 37.0 Å². The summed E-state index contributed by atoms with van der Waals surface area (Å²) in [6, 6.07) is 4.09. The van der Waals surface area contributed by atoms with Crippen molar-refractivity contribution in [2.24, 2.45) is 5.92 Å². The summed E-state index contributed by atoms with van der Waals surface area (Å²) in [5.41, 5.74) is -0.133. The SMILES string of the molecule is CCC1CN(C(=O)Cc2c(F)cccc2F)CCC1NC. The van der Waals surface area contributed by atoms with Crippen molar-refractivity contribution in [3.63, 3.8) is 0 Å². The maximum Gasteiger partial charge on any atom is 0.227 e. The number of rotatable bonds is 4. The van der Waals surface area contributed by atoms with E-state index in [2.05, 4.69) is 12.2 Å². The average molecular weight is 296 g/mol. The first-order valence-electron chi connectivity index (χ1n) is 7.44. The molecule has 5 heteroatoms. The van der Waals surface area contributed by atoms with E-state index in [0.717, 1.165) is 12.8 Å². The maximum atomic E-state index is 13.6. The van der Waals surface area contributed by atoms with Crippen LogP contribution in [-0.2, 0) is 11.2 Å². The largest absolute Gasteiger partial charge is 0.342 e. The van der Waals surface area contributed by atoms with Crippen LogP contribution in [0.25, 0.3) is 0 Å². The van der Waals surface area contributed by atoms with Crippen molar-refractivity contribution < 1.29 is 13.6 Å². The molecule has 1 aromatic carbocycles. The summed E-state index contributed by atoms with van der Waals surface area (Å²) >= 11 is 0. The minimum atomic E-state index is -0.652. The van der Waals surface area contributed by atoms with Gasteiger partial charge >= 0.3 is 0 Å². The highest BCUT2D eigenvalue weighted by Crippen LogP contribution is 2.21. The Bertz CT molecular complexity index is 487. The van der Waals surface area contributed by atoms with Gasteiger partial charge in [-0.15, -0.1) is 0 Å². The van der Waals surface area contributed by atoms with Gasteiger partial charge in [-0.2, -0.15) is 0 Å². The number of piperidine rings is 1. The minimum absolute atomic E-state index is 0.133. The predicted molar refractivity (Wildman–Crippen MR) is 77.9 cm³/mol. The highest BCUT2D eigenvalue weighted by atomic mass is 19.1. The summed E-state index contributed by atoms with van der Waals surface area (Å²) in [5.74, 6) is -1.12. The van der Waals surface area contributed by atoms with Gasteiger partial charge in [-0.1, -0.05) is 19.4 Å². The molecule has 1 aromatic rings. The van der Waals surface area contributed by atoms with E-state index in [4.69, 9.17) is 0 Å². The average Bonchev–Trinajstić information content (AvgIpc) is 2.50. The molecule has 1 fully saturated rings. The first-order chi connectivity index (χ1) is 10.1. The quantitative estimate of drug-likeness (QED) is 0.925. The molecule has 1 amide bonds. The van der Waals surface area contributed by atoms with Gasteiger partial charge in [-0.05, 0) is 31.5 Å². The number of hydrogen-bond donors (Lipinski definition) is 1. The lowest BCUT2D eigenvalue weighted by molar-refractivity contribution is -0.132. The third kappa shape index (κ3) is 3.59. The second-order valence-electron chi connectivity index (χ2n) is 5.57. The lowest BCUT2D eigenvalue weighted by Gasteiger charge is -2.38. The van der Waals surface area contributed by atoms with Crippen LogP contribution in [0.2, 0.25) is 0 Å². The molecule has 2 rings (SSSR count). The summed E-state index contributed by atoms with van der Waals surface area (Å²) in [7, 11) is 1.93. The molecule has 1 heterocycles. The van der Waals surface area contributed by atoms with Crippen molar-refractivity contribution in [1.29, 1.82) is 0 Å². The molecule has 1 N–H and O–H groups in total. The van der Waals surface area contributed by atoms with Crippen LogP contribution in [0.3, 0.4) is 0 Å². The van der Waals surface area contributed by atoms with E-state index in [1.807, 2.05) is 7.05 Å². The lowest BCUT2D eigenvalue weighted by Crippen LogP contribution is -2.50. The fraction of sp³-hybridized carbons (Fsp3) is 0.562. The van der Waals surface area contributed by atoms with Gasteiger partial charge in [-0.3, -0.25) is 4.79 Å². The van der Waals surface area contributed by atoms with E-state index in [1.165, 1.54) is 18.2 Å². The smallest absolute Gasteiger partial charge is 0.227 e. The summed E-state index contributed by atoms with van der Waals surface area (Å²) < 4.78 is 27.2. The molecule has 1 aliphatic rings. The summed E-state index contributed by atoms with van der Waals surface area (Å²) in [6.07, 6.45) is 1.64. The summed E-state index contributed by atoms with van der Waals surface area (Å²) in [4.78, 5) is 14.0. The molecule has 2 atom stereocenters. The van der Waals surface area contributed by atoms with Crippen LogP contribution in [0.15, 0.2) is 18.2 Å². The van der Waals surface area contributed by atoms with Crippen molar-refractivity contribution in [2.45, 2.75) is 32.2 Å². The van der Waals surface area contributed by atoms with Gasteiger partial charge < -0.3 is 10.2 Å². The van der Waals surface area contributed by atoms with E-state index >= 15 is 0 Å². The molecular weight excluding hydrogens is 274 g/mol. The Morgan fingerprint density at radius 1 is 1.38 bits per heavy atom. The predicted octanol–water partition coefficient (Wildman–Crippen LogP) is 2.35. The second kappa shape index (κ2) is 6.98. The van der Waals surface area contributed by atoms with Crippen LogP contribution in [0.5, 0.6) is 0 Å². The molecule has 1 saturated heterocycles. The van der Waals surface area contributed by atoms with Crippen LogP contribution < -0.4 is 5.32 Å². The maximum absolute atomic E-state index is 13.6. The van der Waals surface area contributed by atoms with Crippen LogP contribution in [0, 0.1) is 17.6 Å². The van der Waals surface area contributed by atoms with Crippen molar-refractivity contribution in [3.05, 3.63) is 35.4 Å². The third-order valence-electron chi connectivity index (χ3n) is 4.37. The van der Waals surface area contributed by atoms with Crippen LogP contribution >= 0.6 is 0 Å². The van der Waals surface area contributed by atoms with Crippen molar-refractivity contribution >= 4 is 5.91 Å². The fourth-order valence-corrected chi connectivity index (χ4v) is 3.02. The summed E-state index contributed by atoms with van der Waals surface area (Å²) in [5, 5.41) is 3.27. The molecule has 0 radical (unpaired) electrons. The normalized spacial score (nSPS) is 22.4. The second-order valence-corrected chi connectivity index (χ2v) is 5.57. The van der Waals surface area contributed by atoms with Gasteiger partial charge in [0.25, 0.3) is 0 Å². The Morgan fingerprint density at radius 3 is 2.62 bits per heavy atom. The van der Waals surface area contributed by atoms with E-state index < -0.39 is 11.6 Å². The molecule has 0 saturated carbocycles. The first-order valence-corrected chi connectivity index (χ1v) is 7.44. The first kappa shape index (κ1) is 15.9. The van der Waals surface area contributed by atoms with Gasteiger partial charge in [0.2, 0.25) is 5.91 Å². The molecule has 0 aliphatic carbocycles. The Balaban J connectivity index is 2.04. The van der Waals surface area contributed by atoms with Gasteiger partial charge in [0, 0.05) is 24.7 Å². The zero-order chi connectivity index (χ0) is 15.4. The van der Waals surface area contributed by atoms with E-state index in [0.29, 0.717) is 25.0 Å². The van der Waals surface area contributed by atoms with Crippen molar-refractivity contribution in [1.82, 2.24) is 10.2 Å². The van der Waals surface area contributed by atoms with E-state index in [-0.39, 0.29) is 17.9 Å². The van der Waals surface area contributed by atoms with Gasteiger partial charge in [-0.25, -0.2) is 8.78 Å². The molecule has 21 heavy (non-hydrogen) atoms. The zero-order valence-electron chi connectivity index (χ0n) is 12.5. The molecule has 0 aromatic heterocycles. The van der Waals surface area contributed by atoms with Gasteiger partial charge in [0.15, 0.2) is 0 Å². The molecule has 0 bridgehead atoms. The Labute approximate surface area is 124 Å². The Kier molecular flexibility index (Phi) is 5.28. The van der Waals surface area contributed by atoms with Crippen LogP contribution in [0.4, 0.5) is 8.78 Å². The zero-order valence-corrected chi connectivity index (χ0v) is 12.5. The Morgan fingerprint density at radius 2 is 2.05 bits per heavy atom. The number of carbonyl (C=O) groups excluding carboxylic acids is 1. The number of carbonyl (C=O) groups is 1. The molecular formula is C16H22F2N2O. The van der Waals surface area contributed by atoms with Gasteiger partial charge in [0.1, 0.15) is 11.6 Å². The number of amides is 1. The topological polar surface area (TPSA) is 32.3 Å². The molecule has 3 nitrogen and oxygen atoms in total. The number of halogens is 2. The highest BCUT2D eigenvalue weighted by molar-refractivity contribution is 5.79. The minimum Gasteiger partial charge on any atom is -0.342 e. The van der Waals surface area contributed by atoms with E-state index in [1.54, 1.807) is 4.90 Å². The summed E-state index contributed by atoms with van der Waals surface area (Å²) in [6.45, 7) is 3.38. The number of nitrogens with zero attached hydrogens (tertiary/aromatic N) is 1. The van der Waals surface area contributed by atoms with E-state index in [9.17, 15) is 13.6 Å². The molecule has 0 spiro atoms. The number of nitrogens with one attached hydrogen (secondary N) is 1. The van der Waals surface area contributed by atoms with Crippen molar-refractivity contribution in [3.8, 4) is 0 Å². The number of hydrogen-bond acceptors (Lipinski definition) is 2. The standard InChI is InChI=1S/C16H22F2N2O/c1-3-11-10-20(8-7-15(11)19-2)16(21)9-12-13(17)5-4-6-14(12)18/h4-6,11,15,19H,3,7-10H2,1-2H3. The fourth-order valence-electron chi connectivity index (χ4n) is 3.02. The molecule has 116 valence electrons. The number of likely N-dealkylation sites (tertiary alicyclic amines) is 1. The number of benzene rings is 1. The lowest BCUT2D eigenvalue weighted by atomic mass is 9.89. The van der Waals surface area contributed by atoms with Crippen LogP contribution in [0.1, 0.15) is 25.3 Å². The van der Waals surface area contributed by atoms with Crippen molar-refractivity contribution in [2.75, 3.05) is 20.1 Å².